The van der Waals surface area contributed by atoms with Crippen LogP contribution in [0.3, 0.4) is 0 Å². The van der Waals surface area contributed by atoms with Crippen LogP contribution in [0.25, 0.3) is 0 Å². The van der Waals surface area contributed by atoms with E-state index in [1.807, 2.05) is 6.92 Å². The van der Waals surface area contributed by atoms with E-state index in [4.69, 9.17) is 4.74 Å². The second-order valence-corrected chi connectivity index (χ2v) is 5.90. The van der Waals surface area contributed by atoms with Gasteiger partial charge < -0.3 is 10.1 Å². The number of nitrogens with one attached hydrogen (secondary N) is 1. The van der Waals surface area contributed by atoms with Gasteiger partial charge in [0.1, 0.15) is 11.9 Å². The molecule has 140 valence electrons. The smallest absolute Gasteiger partial charge is 0.417 e. The van der Waals surface area contributed by atoms with Crippen molar-refractivity contribution in [2.45, 2.75) is 45.8 Å². The first kappa shape index (κ1) is 20.9. The minimum absolute atomic E-state index is 0.155. The summed E-state index contributed by atoms with van der Waals surface area (Å²) < 4.78 is 57.4. The molecule has 1 aromatic rings. The molecule has 1 aromatic carbocycles. The Morgan fingerprint density at radius 3 is 2.40 bits per heavy atom. The van der Waals surface area contributed by atoms with Crippen LogP contribution in [0.1, 0.15) is 49.5 Å². The largest absolute Gasteiger partial charge is 0.464 e. The Morgan fingerprint density at radius 1 is 1.24 bits per heavy atom. The Kier molecular flexibility index (Phi) is 7.38. The van der Waals surface area contributed by atoms with E-state index < -0.39 is 47.0 Å². The molecule has 1 unspecified atom stereocenters. The summed E-state index contributed by atoms with van der Waals surface area (Å²) in [7, 11) is 0. The average molecular weight is 363 g/mol. The molecule has 1 atom stereocenters. The minimum Gasteiger partial charge on any atom is -0.464 e. The van der Waals surface area contributed by atoms with Crippen molar-refractivity contribution in [2.75, 3.05) is 6.61 Å². The van der Waals surface area contributed by atoms with E-state index in [1.165, 1.54) is 0 Å². The average Bonchev–Trinajstić information content (AvgIpc) is 2.50. The molecule has 0 fully saturated rings. The molecule has 0 aliphatic carbocycles. The SMILES string of the molecule is CCCCOC(=O)C(NC(=O)c1cc(F)ccc1C(F)(F)F)C(C)C. The molecule has 8 heteroatoms. The first-order valence-electron chi connectivity index (χ1n) is 7.92. The standard InChI is InChI=1S/C17H21F4NO3/c1-4-5-8-25-16(24)14(10(2)3)22-15(23)12-9-11(18)6-7-13(12)17(19,20)21/h6-7,9-10,14H,4-5,8H2,1-3H3,(H,22,23). The van der Waals surface area contributed by atoms with Gasteiger partial charge in [-0.1, -0.05) is 27.2 Å². The lowest BCUT2D eigenvalue weighted by Gasteiger charge is -2.22. The predicted octanol–water partition coefficient (Wildman–Crippen LogP) is 3.94. The highest BCUT2D eigenvalue weighted by Gasteiger charge is 2.36. The number of amides is 1. The molecule has 1 amide bonds. The molecule has 0 saturated carbocycles. The Bertz CT molecular complexity index is 614. The summed E-state index contributed by atoms with van der Waals surface area (Å²) in [6.07, 6.45) is -3.40. The molecule has 0 aliphatic rings. The zero-order chi connectivity index (χ0) is 19.2. The highest BCUT2D eigenvalue weighted by molar-refractivity contribution is 5.98. The predicted molar refractivity (Wildman–Crippen MR) is 83.4 cm³/mol. The second-order valence-electron chi connectivity index (χ2n) is 5.90. The third-order valence-electron chi connectivity index (χ3n) is 3.48. The zero-order valence-corrected chi connectivity index (χ0v) is 14.2. The molecular weight excluding hydrogens is 342 g/mol. The Morgan fingerprint density at radius 2 is 1.88 bits per heavy atom. The van der Waals surface area contributed by atoms with Crippen LogP contribution < -0.4 is 5.32 Å². The molecule has 1 rings (SSSR count). The Labute approximate surface area is 143 Å². The number of alkyl halides is 3. The van der Waals surface area contributed by atoms with Crippen LogP contribution in [0, 0.1) is 11.7 Å². The van der Waals surface area contributed by atoms with Gasteiger partial charge in [-0.2, -0.15) is 13.2 Å². The summed E-state index contributed by atoms with van der Waals surface area (Å²) in [5, 5.41) is 2.22. The zero-order valence-electron chi connectivity index (χ0n) is 14.2. The monoisotopic (exact) mass is 363 g/mol. The number of hydrogen-bond acceptors (Lipinski definition) is 3. The van der Waals surface area contributed by atoms with E-state index in [9.17, 15) is 27.2 Å². The van der Waals surface area contributed by atoms with Gasteiger partial charge in [0, 0.05) is 0 Å². The van der Waals surface area contributed by atoms with Gasteiger partial charge in [0.15, 0.2) is 0 Å². The van der Waals surface area contributed by atoms with Crippen LogP contribution >= 0.6 is 0 Å². The van der Waals surface area contributed by atoms with Crippen molar-refractivity contribution in [3.8, 4) is 0 Å². The molecule has 0 bridgehead atoms. The lowest BCUT2D eigenvalue weighted by molar-refractivity contribution is -0.147. The number of carbonyl (C=O) groups excluding carboxylic acids is 2. The topological polar surface area (TPSA) is 55.4 Å². The molecule has 0 saturated heterocycles. The number of rotatable bonds is 7. The Balaban J connectivity index is 3.02. The molecule has 25 heavy (non-hydrogen) atoms. The fourth-order valence-corrected chi connectivity index (χ4v) is 2.08. The molecule has 4 nitrogen and oxygen atoms in total. The van der Waals surface area contributed by atoms with Crippen LogP contribution in [-0.4, -0.2) is 24.5 Å². The maximum Gasteiger partial charge on any atom is 0.417 e. The molecule has 0 aromatic heterocycles. The van der Waals surface area contributed by atoms with E-state index in [0.29, 0.717) is 24.6 Å². The van der Waals surface area contributed by atoms with Gasteiger partial charge in [-0.25, -0.2) is 9.18 Å². The quantitative estimate of drug-likeness (QED) is 0.454. The van der Waals surface area contributed by atoms with E-state index in [1.54, 1.807) is 13.8 Å². The molecule has 1 N–H and O–H groups in total. The number of unbranched alkanes of at least 4 members (excludes halogenated alkanes) is 1. The molecular formula is C17H21F4NO3. The van der Waals surface area contributed by atoms with Crippen molar-refractivity contribution in [2.24, 2.45) is 5.92 Å². The fourth-order valence-electron chi connectivity index (χ4n) is 2.08. The number of benzene rings is 1. The summed E-state index contributed by atoms with van der Waals surface area (Å²) in [6, 6.07) is 0.485. The van der Waals surface area contributed by atoms with Crippen molar-refractivity contribution < 1.29 is 31.9 Å². The van der Waals surface area contributed by atoms with Crippen molar-refractivity contribution >= 4 is 11.9 Å². The van der Waals surface area contributed by atoms with Crippen LogP contribution in [-0.2, 0) is 15.7 Å². The third-order valence-corrected chi connectivity index (χ3v) is 3.48. The van der Waals surface area contributed by atoms with Gasteiger partial charge in [0.25, 0.3) is 5.91 Å². The van der Waals surface area contributed by atoms with E-state index >= 15 is 0 Å². The van der Waals surface area contributed by atoms with Crippen molar-refractivity contribution in [1.29, 1.82) is 0 Å². The number of esters is 1. The molecule has 0 aliphatic heterocycles. The lowest BCUT2D eigenvalue weighted by atomic mass is 10.0. The van der Waals surface area contributed by atoms with Gasteiger partial charge in [-0.3, -0.25) is 4.79 Å². The summed E-state index contributed by atoms with van der Waals surface area (Å²) >= 11 is 0. The highest BCUT2D eigenvalue weighted by atomic mass is 19.4. The first-order chi connectivity index (χ1) is 11.6. The summed E-state index contributed by atoms with van der Waals surface area (Å²) in [6.45, 7) is 5.28. The van der Waals surface area contributed by atoms with Crippen LogP contribution in [0.5, 0.6) is 0 Å². The maximum atomic E-state index is 13.3. The van der Waals surface area contributed by atoms with Gasteiger partial charge in [-0.05, 0) is 30.5 Å². The van der Waals surface area contributed by atoms with Gasteiger partial charge in [0.05, 0.1) is 17.7 Å². The van der Waals surface area contributed by atoms with E-state index in [0.717, 1.165) is 6.42 Å². The maximum absolute atomic E-state index is 13.3. The minimum atomic E-state index is -4.82. The fraction of sp³-hybridized carbons (Fsp3) is 0.529. The lowest BCUT2D eigenvalue weighted by Crippen LogP contribution is -2.45. The number of halogens is 4. The first-order valence-corrected chi connectivity index (χ1v) is 7.92. The van der Waals surface area contributed by atoms with Gasteiger partial charge in [-0.15, -0.1) is 0 Å². The normalized spacial score (nSPS) is 12.8. The second kappa shape index (κ2) is 8.82. The van der Waals surface area contributed by atoms with Gasteiger partial charge in [0.2, 0.25) is 0 Å². The summed E-state index contributed by atoms with van der Waals surface area (Å²) in [5.74, 6) is -3.31. The van der Waals surface area contributed by atoms with Crippen molar-refractivity contribution in [3.63, 3.8) is 0 Å². The van der Waals surface area contributed by atoms with E-state index in [2.05, 4.69) is 5.32 Å². The molecule has 0 spiro atoms. The van der Waals surface area contributed by atoms with Crippen LogP contribution in [0.4, 0.5) is 17.6 Å². The van der Waals surface area contributed by atoms with Crippen LogP contribution in [0.2, 0.25) is 0 Å². The molecule has 0 radical (unpaired) electrons. The highest BCUT2D eigenvalue weighted by Crippen LogP contribution is 2.32. The number of ether oxygens (including phenoxy) is 1. The van der Waals surface area contributed by atoms with Gasteiger partial charge >= 0.3 is 12.1 Å². The number of carbonyl (C=O) groups is 2. The molecule has 0 heterocycles. The van der Waals surface area contributed by atoms with Crippen LogP contribution in [0.15, 0.2) is 18.2 Å². The van der Waals surface area contributed by atoms with Crippen molar-refractivity contribution in [1.82, 2.24) is 5.32 Å². The summed E-state index contributed by atoms with van der Waals surface area (Å²) in [4.78, 5) is 24.3. The van der Waals surface area contributed by atoms with E-state index in [-0.39, 0.29) is 6.61 Å². The van der Waals surface area contributed by atoms with Crippen molar-refractivity contribution in [3.05, 3.63) is 35.1 Å². The number of hydrogen-bond donors (Lipinski definition) is 1. The third kappa shape index (κ3) is 6.03. The Hall–Kier alpha value is -2.12. The summed E-state index contributed by atoms with van der Waals surface area (Å²) in [5.41, 5.74) is -2.15.